The van der Waals surface area contributed by atoms with Gasteiger partial charge in [-0.05, 0) is 25.3 Å². The van der Waals surface area contributed by atoms with Gasteiger partial charge in [0, 0.05) is 17.8 Å². The molecule has 0 radical (unpaired) electrons. The quantitative estimate of drug-likeness (QED) is 0.660. The molecule has 0 aromatic carbocycles. The number of thiophene rings is 1. The second-order valence-corrected chi connectivity index (χ2v) is 5.20. The Kier molecular flexibility index (Phi) is 6.89. The maximum absolute atomic E-state index is 11.6. The zero-order valence-electron chi connectivity index (χ0n) is 10.8. The molecule has 1 aromatic rings. The Morgan fingerprint density at radius 1 is 1.41 bits per heavy atom. The van der Waals surface area contributed by atoms with Crippen LogP contribution in [0.4, 0.5) is 0 Å². The van der Waals surface area contributed by atoms with Crippen LogP contribution < -0.4 is 10.2 Å². The van der Waals surface area contributed by atoms with Crippen LogP contribution in [0, 0.1) is 0 Å². The first-order valence-electron chi connectivity index (χ1n) is 6.38. The molecule has 0 aliphatic rings. The largest absolute Gasteiger partial charge is 0.356 e. The number of rotatable bonds is 8. The lowest BCUT2D eigenvalue weighted by atomic mass is 10.3. The molecular weight excluding hydrogens is 232 g/mol. The van der Waals surface area contributed by atoms with Crippen LogP contribution in [0.25, 0.3) is 0 Å². The van der Waals surface area contributed by atoms with Gasteiger partial charge in [0.2, 0.25) is 5.91 Å². The summed E-state index contributed by atoms with van der Waals surface area (Å²) in [5.41, 5.74) is 0. The lowest BCUT2D eigenvalue weighted by molar-refractivity contribution is -0.896. The van der Waals surface area contributed by atoms with E-state index in [1.807, 2.05) is 17.5 Å². The van der Waals surface area contributed by atoms with E-state index in [9.17, 15) is 4.79 Å². The molecule has 0 spiro atoms. The predicted molar refractivity (Wildman–Crippen MR) is 72.6 cm³/mol. The molecule has 0 atom stereocenters. The van der Waals surface area contributed by atoms with E-state index in [0.29, 0.717) is 6.42 Å². The lowest BCUT2D eigenvalue weighted by Crippen LogP contribution is -3.11. The number of carbonyl (C=O) groups excluding carboxylic acids is 1. The van der Waals surface area contributed by atoms with Crippen LogP contribution in [0.5, 0.6) is 0 Å². The molecular formula is C13H23N2OS+. The number of quaternary nitrogens is 1. The topological polar surface area (TPSA) is 33.5 Å². The highest BCUT2D eigenvalue weighted by atomic mass is 32.1. The molecule has 96 valence electrons. The number of amides is 1. The van der Waals surface area contributed by atoms with E-state index in [4.69, 9.17) is 0 Å². The molecule has 0 bridgehead atoms. The van der Waals surface area contributed by atoms with E-state index >= 15 is 0 Å². The summed E-state index contributed by atoms with van der Waals surface area (Å²) in [5, 5.41) is 4.99. The highest BCUT2D eigenvalue weighted by Gasteiger charge is 2.05. The van der Waals surface area contributed by atoms with Gasteiger partial charge in [0.1, 0.15) is 0 Å². The molecule has 0 saturated carbocycles. The fourth-order valence-corrected chi connectivity index (χ4v) is 2.51. The van der Waals surface area contributed by atoms with Gasteiger partial charge in [0.15, 0.2) is 0 Å². The van der Waals surface area contributed by atoms with Gasteiger partial charge in [-0.1, -0.05) is 6.07 Å². The maximum Gasteiger partial charge on any atom is 0.225 e. The smallest absolute Gasteiger partial charge is 0.225 e. The molecule has 1 amide bonds. The molecule has 0 fully saturated rings. The summed E-state index contributed by atoms with van der Waals surface area (Å²) in [5.74, 6) is 0.141. The summed E-state index contributed by atoms with van der Waals surface area (Å²) in [6.45, 7) is 8.68. The third-order valence-corrected chi connectivity index (χ3v) is 3.82. The van der Waals surface area contributed by atoms with Crippen molar-refractivity contribution >= 4 is 17.2 Å². The molecule has 3 nitrogen and oxygen atoms in total. The molecule has 1 rings (SSSR count). The summed E-state index contributed by atoms with van der Waals surface area (Å²) >= 11 is 1.64. The summed E-state index contributed by atoms with van der Waals surface area (Å²) in [4.78, 5) is 14.3. The zero-order chi connectivity index (χ0) is 12.5. The van der Waals surface area contributed by atoms with Crippen LogP contribution >= 0.6 is 11.3 Å². The Labute approximate surface area is 108 Å². The van der Waals surface area contributed by atoms with E-state index in [0.717, 1.165) is 24.4 Å². The van der Waals surface area contributed by atoms with Gasteiger partial charge in [-0.3, -0.25) is 4.79 Å². The third kappa shape index (κ3) is 5.84. The van der Waals surface area contributed by atoms with Crippen molar-refractivity contribution in [2.24, 2.45) is 0 Å². The minimum absolute atomic E-state index is 0.141. The minimum Gasteiger partial charge on any atom is -0.356 e. The average Bonchev–Trinajstić information content (AvgIpc) is 2.82. The van der Waals surface area contributed by atoms with Crippen LogP contribution in [-0.4, -0.2) is 32.1 Å². The van der Waals surface area contributed by atoms with Gasteiger partial charge >= 0.3 is 0 Å². The van der Waals surface area contributed by atoms with Gasteiger partial charge < -0.3 is 10.2 Å². The Morgan fingerprint density at radius 3 is 2.76 bits per heavy atom. The van der Waals surface area contributed by atoms with Crippen molar-refractivity contribution in [2.45, 2.75) is 26.7 Å². The van der Waals surface area contributed by atoms with Crippen LogP contribution in [0.1, 0.15) is 25.1 Å². The molecule has 17 heavy (non-hydrogen) atoms. The van der Waals surface area contributed by atoms with Crippen LogP contribution in [-0.2, 0) is 11.2 Å². The number of hydrogen-bond acceptors (Lipinski definition) is 2. The lowest BCUT2D eigenvalue weighted by Gasteiger charge is -2.15. The highest BCUT2D eigenvalue weighted by molar-refractivity contribution is 7.10. The third-order valence-electron chi connectivity index (χ3n) is 2.94. The number of carbonyl (C=O) groups is 1. The number of nitrogens with one attached hydrogen (secondary N) is 2. The molecule has 0 aliphatic heterocycles. The van der Waals surface area contributed by atoms with Crippen LogP contribution in [0.15, 0.2) is 17.5 Å². The Bertz CT molecular complexity index is 307. The van der Waals surface area contributed by atoms with Gasteiger partial charge in [-0.15, -0.1) is 11.3 Å². The fraction of sp³-hybridized carbons (Fsp3) is 0.615. The van der Waals surface area contributed by atoms with Gasteiger partial charge in [-0.2, -0.15) is 0 Å². The van der Waals surface area contributed by atoms with E-state index < -0.39 is 0 Å². The predicted octanol–water partition coefficient (Wildman–Crippen LogP) is 0.722. The second-order valence-electron chi connectivity index (χ2n) is 4.17. The van der Waals surface area contributed by atoms with Gasteiger partial charge in [-0.25, -0.2) is 0 Å². The summed E-state index contributed by atoms with van der Waals surface area (Å²) in [6.07, 6.45) is 1.59. The first kappa shape index (κ1) is 14.2. The molecule has 0 unspecified atom stereocenters. The Balaban J connectivity index is 2.08. The Morgan fingerprint density at radius 2 is 2.18 bits per heavy atom. The average molecular weight is 255 g/mol. The van der Waals surface area contributed by atoms with E-state index in [1.54, 1.807) is 16.2 Å². The monoisotopic (exact) mass is 255 g/mol. The van der Waals surface area contributed by atoms with Gasteiger partial charge in [0.05, 0.1) is 26.1 Å². The standard InChI is InChI=1S/C13H22N2OS/c1-3-15(4-2)9-6-8-14-13(16)11-12-7-5-10-17-12/h5,7,10H,3-4,6,8-9,11H2,1-2H3,(H,14,16)/p+1. The normalized spacial score (nSPS) is 10.8. The fourth-order valence-electron chi connectivity index (χ4n) is 1.80. The van der Waals surface area contributed by atoms with E-state index in [1.165, 1.54) is 13.1 Å². The Hall–Kier alpha value is -0.870. The van der Waals surface area contributed by atoms with Gasteiger partial charge in [0.25, 0.3) is 0 Å². The molecule has 2 N–H and O–H groups in total. The molecule has 0 aliphatic carbocycles. The summed E-state index contributed by atoms with van der Waals surface area (Å²) in [6, 6.07) is 3.99. The first-order chi connectivity index (χ1) is 8.26. The van der Waals surface area contributed by atoms with Crippen LogP contribution in [0.3, 0.4) is 0 Å². The van der Waals surface area contributed by atoms with Crippen molar-refractivity contribution < 1.29 is 9.69 Å². The molecule has 1 aromatic heterocycles. The molecule has 4 heteroatoms. The van der Waals surface area contributed by atoms with Crippen molar-refractivity contribution in [1.29, 1.82) is 0 Å². The van der Waals surface area contributed by atoms with Crippen LogP contribution in [0.2, 0.25) is 0 Å². The van der Waals surface area contributed by atoms with E-state index in [2.05, 4.69) is 19.2 Å². The second kappa shape index (κ2) is 8.25. The van der Waals surface area contributed by atoms with Crippen molar-refractivity contribution in [2.75, 3.05) is 26.2 Å². The minimum atomic E-state index is 0.141. The summed E-state index contributed by atoms with van der Waals surface area (Å²) in [7, 11) is 0. The zero-order valence-corrected chi connectivity index (χ0v) is 11.6. The first-order valence-corrected chi connectivity index (χ1v) is 7.26. The van der Waals surface area contributed by atoms with Crippen molar-refractivity contribution in [3.05, 3.63) is 22.4 Å². The van der Waals surface area contributed by atoms with E-state index in [-0.39, 0.29) is 5.91 Å². The number of hydrogen-bond donors (Lipinski definition) is 2. The SMILES string of the molecule is CC[NH+](CC)CCCNC(=O)Cc1cccs1. The van der Waals surface area contributed by atoms with Crippen molar-refractivity contribution in [1.82, 2.24) is 5.32 Å². The highest BCUT2D eigenvalue weighted by Crippen LogP contribution is 2.08. The van der Waals surface area contributed by atoms with Crippen molar-refractivity contribution in [3.63, 3.8) is 0 Å². The van der Waals surface area contributed by atoms with Crippen molar-refractivity contribution in [3.8, 4) is 0 Å². The summed E-state index contributed by atoms with van der Waals surface area (Å²) < 4.78 is 0. The maximum atomic E-state index is 11.6. The molecule has 0 saturated heterocycles. The molecule has 1 heterocycles.